The van der Waals surface area contributed by atoms with Gasteiger partial charge in [-0.15, -0.1) is 0 Å². The molecule has 1 amide bonds. The topological polar surface area (TPSA) is 62.2 Å². The Morgan fingerprint density at radius 2 is 2.50 bits per heavy atom. The molecule has 1 aromatic rings. The maximum Gasteiger partial charge on any atom is 0.271 e. The fraction of sp³-hybridized carbons (Fsp3) is 0.333. The highest BCUT2D eigenvalue weighted by atomic mass is 79.9. The Hall–Kier alpha value is -0.940. The summed E-state index contributed by atoms with van der Waals surface area (Å²) in [6.45, 7) is 1.63. The fourth-order valence-electron chi connectivity index (χ4n) is 0.891. The number of rotatable bonds is 3. The van der Waals surface area contributed by atoms with E-state index in [4.69, 9.17) is 5.11 Å². The predicted octanol–water partition coefficient (Wildman–Crippen LogP) is 0.955. The summed E-state index contributed by atoms with van der Waals surface area (Å²) in [5.41, 5.74) is 0.327. The van der Waals surface area contributed by atoms with E-state index in [2.05, 4.69) is 26.2 Å². The summed E-state index contributed by atoms with van der Waals surface area (Å²) in [6.07, 6.45) is 1.54. The number of hydrogen-bond acceptors (Lipinski definition) is 3. The van der Waals surface area contributed by atoms with Crippen LogP contribution in [0.2, 0.25) is 0 Å². The van der Waals surface area contributed by atoms with Crippen LogP contribution in [0.15, 0.2) is 22.8 Å². The molecule has 2 N–H and O–H groups in total. The van der Waals surface area contributed by atoms with Gasteiger partial charge in [0.25, 0.3) is 5.91 Å². The predicted molar refractivity (Wildman–Crippen MR) is 56.0 cm³/mol. The number of aromatic nitrogens is 1. The van der Waals surface area contributed by atoms with E-state index in [9.17, 15) is 4.79 Å². The number of pyridine rings is 1. The summed E-state index contributed by atoms with van der Waals surface area (Å²) in [6, 6.07) is 3.21. The Bertz CT molecular complexity index is 330. The second-order valence-corrected chi connectivity index (χ2v) is 3.75. The van der Waals surface area contributed by atoms with E-state index in [0.717, 1.165) is 0 Å². The molecular weight excluding hydrogens is 248 g/mol. The van der Waals surface area contributed by atoms with Gasteiger partial charge >= 0.3 is 0 Å². The van der Waals surface area contributed by atoms with Gasteiger partial charge in [-0.25, -0.2) is 4.98 Å². The molecule has 1 rings (SSSR count). The van der Waals surface area contributed by atoms with Crippen LogP contribution in [-0.2, 0) is 0 Å². The molecule has 0 saturated heterocycles. The molecule has 0 bridgehead atoms. The van der Waals surface area contributed by atoms with Crippen LogP contribution in [0.1, 0.15) is 17.4 Å². The van der Waals surface area contributed by atoms with Gasteiger partial charge in [0.05, 0.1) is 6.61 Å². The number of nitrogens with one attached hydrogen (secondary N) is 1. The van der Waals surface area contributed by atoms with Gasteiger partial charge in [0, 0.05) is 16.7 Å². The van der Waals surface area contributed by atoms with E-state index in [0.29, 0.717) is 10.2 Å². The molecule has 0 aliphatic heterocycles. The minimum atomic E-state index is -0.293. The SMILES string of the molecule is CC(CO)NC(=O)c1ncccc1Br. The summed E-state index contributed by atoms with van der Waals surface area (Å²) in [5, 5.41) is 11.4. The first-order valence-electron chi connectivity index (χ1n) is 4.17. The lowest BCUT2D eigenvalue weighted by Crippen LogP contribution is -2.35. The van der Waals surface area contributed by atoms with Crippen molar-refractivity contribution in [1.29, 1.82) is 0 Å². The summed E-state index contributed by atoms with van der Waals surface area (Å²) >= 11 is 3.22. The summed E-state index contributed by atoms with van der Waals surface area (Å²) in [7, 11) is 0. The Morgan fingerprint density at radius 3 is 3.07 bits per heavy atom. The van der Waals surface area contributed by atoms with E-state index in [1.165, 1.54) is 0 Å². The average molecular weight is 259 g/mol. The van der Waals surface area contributed by atoms with Crippen molar-refractivity contribution in [2.24, 2.45) is 0 Å². The van der Waals surface area contributed by atoms with Crippen LogP contribution >= 0.6 is 15.9 Å². The zero-order valence-corrected chi connectivity index (χ0v) is 9.28. The third-order valence-corrected chi connectivity index (χ3v) is 2.26. The molecule has 1 heterocycles. The molecule has 14 heavy (non-hydrogen) atoms. The lowest BCUT2D eigenvalue weighted by atomic mass is 10.3. The van der Waals surface area contributed by atoms with Gasteiger partial charge < -0.3 is 10.4 Å². The van der Waals surface area contributed by atoms with Crippen molar-refractivity contribution in [3.63, 3.8) is 0 Å². The minimum Gasteiger partial charge on any atom is -0.394 e. The van der Waals surface area contributed by atoms with Gasteiger partial charge in [-0.05, 0) is 35.0 Å². The lowest BCUT2D eigenvalue weighted by Gasteiger charge is -2.10. The second kappa shape index (κ2) is 5.07. The van der Waals surface area contributed by atoms with Crippen LogP contribution in [0.4, 0.5) is 0 Å². The zero-order valence-electron chi connectivity index (χ0n) is 7.70. The molecule has 4 nitrogen and oxygen atoms in total. The zero-order chi connectivity index (χ0) is 10.6. The maximum atomic E-state index is 11.5. The van der Waals surface area contributed by atoms with Crippen molar-refractivity contribution in [1.82, 2.24) is 10.3 Å². The van der Waals surface area contributed by atoms with E-state index in [-0.39, 0.29) is 18.6 Å². The molecule has 76 valence electrons. The van der Waals surface area contributed by atoms with Crippen LogP contribution in [0.5, 0.6) is 0 Å². The third-order valence-electron chi connectivity index (χ3n) is 1.62. The summed E-state index contributed by atoms with van der Waals surface area (Å²) in [4.78, 5) is 15.4. The number of carbonyl (C=O) groups excluding carboxylic acids is 1. The van der Waals surface area contributed by atoms with Gasteiger partial charge in [0.2, 0.25) is 0 Å². The molecule has 5 heteroatoms. The van der Waals surface area contributed by atoms with Crippen molar-refractivity contribution in [2.75, 3.05) is 6.61 Å². The standard InChI is InChI=1S/C9H11BrN2O2/c1-6(5-13)12-9(14)8-7(10)3-2-4-11-8/h2-4,6,13H,5H2,1H3,(H,12,14). The van der Waals surface area contributed by atoms with Gasteiger partial charge in [-0.1, -0.05) is 0 Å². The quantitative estimate of drug-likeness (QED) is 0.849. The second-order valence-electron chi connectivity index (χ2n) is 2.89. The molecule has 0 saturated carbocycles. The summed E-state index contributed by atoms with van der Waals surface area (Å²) in [5.74, 6) is -0.293. The van der Waals surface area contributed by atoms with Gasteiger partial charge in [-0.2, -0.15) is 0 Å². The average Bonchev–Trinajstić information content (AvgIpc) is 2.18. The highest BCUT2D eigenvalue weighted by molar-refractivity contribution is 9.10. The van der Waals surface area contributed by atoms with Crippen LogP contribution in [-0.4, -0.2) is 28.6 Å². The largest absolute Gasteiger partial charge is 0.394 e. The van der Waals surface area contributed by atoms with Crippen molar-refractivity contribution in [3.8, 4) is 0 Å². The van der Waals surface area contributed by atoms with E-state index in [1.54, 1.807) is 25.3 Å². The Labute approximate surface area is 90.5 Å². The van der Waals surface area contributed by atoms with Crippen molar-refractivity contribution in [2.45, 2.75) is 13.0 Å². The van der Waals surface area contributed by atoms with Gasteiger partial charge in [-0.3, -0.25) is 4.79 Å². The maximum absolute atomic E-state index is 11.5. The van der Waals surface area contributed by atoms with Crippen molar-refractivity contribution in [3.05, 3.63) is 28.5 Å². The lowest BCUT2D eigenvalue weighted by molar-refractivity contribution is 0.0916. The fourth-order valence-corrected chi connectivity index (χ4v) is 1.33. The number of halogens is 1. The molecule has 0 fully saturated rings. The first-order valence-corrected chi connectivity index (χ1v) is 4.96. The smallest absolute Gasteiger partial charge is 0.271 e. The number of hydrogen-bond donors (Lipinski definition) is 2. The molecule has 0 spiro atoms. The first-order chi connectivity index (χ1) is 6.65. The number of aliphatic hydroxyl groups excluding tert-OH is 1. The molecule has 0 aliphatic rings. The van der Waals surface area contributed by atoms with Crippen LogP contribution in [0.3, 0.4) is 0 Å². The molecule has 1 atom stereocenters. The van der Waals surface area contributed by atoms with E-state index >= 15 is 0 Å². The van der Waals surface area contributed by atoms with Gasteiger partial charge in [0.15, 0.2) is 0 Å². The first kappa shape index (κ1) is 11.1. The molecule has 0 radical (unpaired) electrons. The number of aliphatic hydroxyl groups is 1. The number of nitrogens with zero attached hydrogens (tertiary/aromatic N) is 1. The van der Waals surface area contributed by atoms with Crippen molar-refractivity contribution < 1.29 is 9.90 Å². The number of amides is 1. The van der Waals surface area contributed by atoms with Crippen molar-refractivity contribution >= 4 is 21.8 Å². The summed E-state index contributed by atoms with van der Waals surface area (Å²) < 4.78 is 0.641. The molecular formula is C9H11BrN2O2. The number of carbonyl (C=O) groups is 1. The van der Waals surface area contributed by atoms with Crippen LogP contribution < -0.4 is 5.32 Å². The monoisotopic (exact) mass is 258 g/mol. The van der Waals surface area contributed by atoms with Crippen LogP contribution in [0, 0.1) is 0 Å². The Balaban J connectivity index is 2.75. The highest BCUT2D eigenvalue weighted by Gasteiger charge is 2.12. The van der Waals surface area contributed by atoms with Crippen LogP contribution in [0.25, 0.3) is 0 Å². The Morgan fingerprint density at radius 1 is 1.79 bits per heavy atom. The highest BCUT2D eigenvalue weighted by Crippen LogP contribution is 2.12. The van der Waals surface area contributed by atoms with E-state index in [1.807, 2.05) is 0 Å². The Kier molecular flexibility index (Phi) is 4.03. The molecule has 0 aliphatic carbocycles. The van der Waals surface area contributed by atoms with Gasteiger partial charge in [0.1, 0.15) is 5.69 Å². The third kappa shape index (κ3) is 2.78. The molecule has 0 aromatic carbocycles. The van der Waals surface area contributed by atoms with E-state index < -0.39 is 0 Å². The minimum absolute atomic E-state index is 0.0871. The molecule has 1 aromatic heterocycles. The molecule has 1 unspecified atom stereocenters. The normalized spacial score (nSPS) is 12.2.